The SMILES string of the molecule is Cc1cccc(C)c1C1(Nc2ccc(N3CCN(C)CC3)c(F)c2)N=CC(C(N)=O)=CN1. The van der Waals surface area contributed by atoms with Crippen LogP contribution in [0.5, 0.6) is 0 Å². The van der Waals surface area contributed by atoms with Crippen molar-refractivity contribution in [3.63, 3.8) is 0 Å². The molecule has 2 aliphatic rings. The summed E-state index contributed by atoms with van der Waals surface area (Å²) in [6, 6.07) is 11.1. The Morgan fingerprint density at radius 3 is 2.41 bits per heavy atom. The number of hydrogen-bond acceptors (Lipinski definition) is 6. The van der Waals surface area contributed by atoms with Crippen LogP contribution in [0.15, 0.2) is 53.2 Å². The molecule has 0 aliphatic carbocycles. The molecule has 4 rings (SSSR count). The number of halogens is 1. The van der Waals surface area contributed by atoms with Crippen LogP contribution in [-0.2, 0) is 10.6 Å². The number of nitrogens with two attached hydrogens (primary N) is 1. The third kappa shape index (κ3) is 4.18. The summed E-state index contributed by atoms with van der Waals surface area (Å²) >= 11 is 0. The molecule has 0 saturated carbocycles. The van der Waals surface area contributed by atoms with Gasteiger partial charge in [-0.3, -0.25) is 4.79 Å². The molecule has 1 amide bonds. The van der Waals surface area contributed by atoms with Crippen molar-refractivity contribution >= 4 is 23.5 Å². The largest absolute Gasteiger partial charge is 0.367 e. The molecular weight excluding hydrogens is 407 g/mol. The first-order valence-electron chi connectivity index (χ1n) is 10.7. The molecule has 1 fully saturated rings. The molecule has 0 radical (unpaired) electrons. The first-order valence-corrected chi connectivity index (χ1v) is 10.7. The van der Waals surface area contributed by atoms with Crippen LogP contribution >= 0.6 is 0 Å². The predicted molar refractivity (Wildman–Crippen MR) is 126 cm³/mol. The van der Waals surface area contributed by atoms with E-state index in [0.29, 0.717) is 11.4 Å². The van der Waals surface area contributed by atoms with Crippen molar-refractivity contribution in [2.75, 3.05) is 43.4 Å². The minimum atomic E-state index is -1.10. The van der Waals surface area contributed by atoms with E-state index in [4.69, 9.17) is 5.73 Å². The average molecular weight is 437 g/mol. The highest BCUT2D eigenvalue weighted by Crippen LogP contribution is 2.34. The Hall–Kier alpha value is -3.39. The lowest BCUT2D eigenvalue weighted by atomic mass is 9.95. The Morgan fingerprint density at radius 2 is 1.84 bits per heavy atom. The maximum absolute atomic E-state index is 15.1. The lowest BCUT2D eigenvalue weighted by molar-refractivity contribution is -0.114. The summed E-state index contributed by atoms with van der Waals surface area (Å²) in [7, 11) is 2.07. The molecule has 1 unspecified atom stereocenters. The number of carbonyl (C=O) groups excluding carboxylic acids is 1. The number of rotatable bonds is 5. The molecule has 1 saturated heterocycles. The van der Waals surface area contributed by atoms with Crippen molar-refractivity contribution in [1.82, 2.24) is 10.2 Å². The predicted octanol–water partition coefficient (Wildman–Crippen LogP) is 2.46. The highest BCUT2D eigenvalue weighted by Gasteiger charge is 2.35. The Kier molecular flexibility index (Phi) is 5.88. The Labute approximate surface area is 187 Å². The number of nitrogens with zero attached hydrogens (tertiary/aromatic N) is 3. The van der Waals surface area contributed by atoms with Gasteiger partial charge in [-0.05, 0) is 50.2 Å². The molecule has 168 valence electrons. The summed E-state index contributed by atoms with van der Waals surface area (Å²) in [4.78, 5) is 20.5. The van der Waals surface area contributed by atoms with Crippen molar-refractivity contribution in [3.8, 4) is 0 Å². The highest BCUT2D eigenvalue weighted by atomic mass is 19.1. The second-order valence-corrected chi connectivity index (χ2v) is 8.43. The van der Waals surface area contributed by atoms with Gasteiger partial charge in [0.15, 0.2) is 0 Å². The standard InChI is InChI=1S/C24H29FN6O/c1-16-5-4-6-17(2)22(16)24(27-14-18(15-28-24)23(26)32)29-19-7-8-21(20(25)13-19)31-11-9-30(3)10-12-31/h4-8,13-15,27,29H,9-12H2,1-3H3,(H2,26,32). The number of primary amides is 1. The van der Waals surface area contributed by atoms with Gasteiger partial charge in [-0.25, -0.2) is 9.38 Å². The van der Waals surface area contributed by atoms with Gasteiger partial charge < -0.3 is 26.2 Å². The van der Waals surface area contributed by atoms with E-state index in [9.17, 15) is 4.79 Å². The number of nitrogens with one attached hydrogen (secondary N) is 2. The van der Waals surface area contributed by atoms with Crippen LogP contribution in [0.3, 0.4) is 0 Å². The maximum Gasteiger partial charge on any atom is 0.251 e. The van der Waals surface area contributed by atoms with Gasteiger partial charge in [0, 0.05) is 49.8 Å². The molecule has 1 atom stereocenters. The Bertz CT molecular complexity index is 1070. The van der Waals surface area contributed by atoms with E-state index >= 15 is 4.39 Å². The van der Waals surface area contributed by atoms with E-state index in [1.807, 2.05) is 38.1 Å². The summed E-state index contributed by atoms with van der Waals surface area (Å²) in [6.45, 7) is 7.38. The van der Waals surface area contributed by atoms with Gasteiger partial charge in [-0.15, -0.1) is 0 Å². The lowest BCUT2D eigenvalue weighted by Crippen LogP contribution is -2.48. The third-order valence-electron chi connectivity index (χ3n) is 6.08. The van der Waals surface area contributed by atoms with Crippen LogP contribution in [0, 0.1) is 19.7 Å². The number of benzene rings is 2. The minimum absolute atomic E-state index is 0.269. The Balaban J connectivity index is 1.68. The van der Waals surface area contributed by atoms with Gasteiger partial charge >= 0.3 is 0 Å². The zero-order chi connectivity index (χ0) is 22.9. The van der Waals surface area contributed by atoms with Gasteiger partial charge in [0.1, 0.15) is 5.82 Å². The molecule has 0 aromatic heterocycles. The summed E-state index contributed by atoms with van der Waals surface area (Å²) in [5.41, 5.74) is 9.76. The zero-order valence-electron chi connectivity index (χ0n) is 18.7. The number of likely N-dealkylation sites (N-methyl/N-ethyl adjacent to an activating group) is 1. The molecular formula is C24H29FN6O. The number of piperazine rings is 1. The van der Waals surface area contributed by atoms with Crippen molar-refractivity contribution in [2.45, 2.75) is 19.6 Å². The van der Waals surface area contributed by atoms with Gasteiger partial charge in [-0.1, -0.05) is 18.2 Å². The number of hydrogen-bond donors (Lipinski definition) is 3. The van der Waals surface area contributed by atoms with Gasteiger partial charge in [0.25, 0.3) is 5.91 Å². The molecule has 2 heterocycles. The summed E-state index contributed by atoms with van der Waals surface area (Å²) in [5, 5.41) is 6.56. The quantitative estimate of drug-likeness (QED) is 0.671. The van der Waals surface area contributed by atoms with E-state index in [1.54, 1.807) is 12.3 Å². The smallest absolute Gasteiger partial charge is 0.251 e. The highest BCUT2D eigenvalue weighted by molar-refractivity contribution is 6.11. The molecule has 7 nitrogen and oxygen atoms in total. The van der Waals surface area contributed by atoms with Crippen LogP contribution in [-0.4, -0.2) is 50.2 Å². The maximum atomic E-state index is 15.1. The molecule has 2 aromatic carbocycles. The number of amides is 1. The number of aryl methyl sites for hydroxylation is 2. The van der Waals surface area contributed by atoms with Crippen molar-refractivity contribution in [1.29, 1.82) is 0 Å². The zero-order valence-corrected chi connectivity index (χ0v) is 18.7. The van der Waals surface area contributed by atoms with Crippen LogP contribution < -0.4 is 21.3 Å². The fourth-order valence-electron chi connectivity index (χ4n) is 4.31. The topological polar surface area (TPSA) is 86.0 Å². The third-order valence-corrected chi connectivity index (χ3v) is 6.08. The molecule has 32 heavy (non-hydrogen) atoms. The van der Waals surface area contributed by atoms with Gasteiger partial charge in [0.05, 0.1) is 11.3 Å². The van der Waals surface area contributed by atoms with E-state index in [0.717, 1.165) is 42.9 Å². The van der Waals surface area contributed by atoms with Crippen LogP contribution in [0.4, 0.5) is 15.8 Å². The summed E-state index contributed by atoms with van der Waals surface area (Å²) < 4.78 is 15.1. The summed E-state index contributed by atoms with van der Waals surface area (Å²) in [5.74, 6) is -1.96. The number of aliphatic imine (C=N–C) groups is 1. The van der Waals surface area contributed by atoms with Gasteiger partial charge in [-0.2, -0.15) is 0 Å². The molecule has 8 heteroatoms. The fraction of sp³-hybridized carbons (Fsp3) is 0.333. The monoisotopic (exact) mass is 436 g/mol. The normalized spacial score (nSPS) is 21.1. The average Bonchev–Trinajstić information content (AvgIpc) is 2.75. The van der Waals surface area contributed by atoms with Gasteiger partial charge in [0.2, 0.25) is 5.79 Å². The second-order valence-electron chi connectivity index (χ2n) is 8.43. The molecule has 0 spiro atoms. The van der Waals surface area contributed by atoms with Crippen molar-refractivity contribution < 1.29 is 9.18 Å². The molecule has 0 bridgehead atoms. The van der Waals surface area contributed by atoms with E-state index in [2.05, 4.69) is 32.5 Å². The van der Waals surface area contributed by atoms with E-state index in [1.165, 1.54) is 12.3 Å². The Morgan fingerprint density at radius 1 is 1.16 bits per heavy atom. The first kappa shape index (κ1) is 21.8. The number of carbonyl (C=O) groups is 1. The summed E-state index contributed by atoms with van der Waals surface area (Å²) in [6.07, 6.45) is 3.00. The van der Waals surface area contributed by atoms with Crippen LogP contribution in [0.25, 0.3) is 0 Å². The lowest BCUT2D eigenvalue weighted by Gasteiger charge is -2.37. The van der Waals surface area contributed by atoms with E-state index < -0.39 is 11.7 Å². The van der Waals surface area contributed by atoms with Crippen LogP contribution in [0.2, 0.25) is 0 Å². The second kappa shape index (κ2) is 8.63. The minimum Gasteiger partial charge on any atom is -0.367 e. The van der Waals surface area contributed by atoms with Crippen molar-refractivity contribution in [2.24, 2.45) is 10.7 Å². The molecule has 4 N–H and O–H groups in total. The molecule has 2 aromatic rings. The number of anilines is 2. The van der Waals surface area contributed by atoms with E-state index in [-0.39, 0.29) is 11.4 Å². The fourth-order valence-corrected chi connectivity index (χ4v) is 4.31. The van der Waals surface area contributed by atoms with Crippen LogP contribution in [0.1, 0.15) is 16.7 Å². The molecule has 2 aliphatic heterocycles. The first-order chi connectivity index (χ1) is 15.3. The van der Waals surface area contributed by atoms with Crippen molar-refractivity contribution in [3.05, 3.63) is 70.7 Å².